The molecule has 0 heterocycles. The van der Waals surface area contributed by atoms with Gasteiger partial charge in [0.2, 0.25) is 0 Å². The van der Waals surface area contributed by atoms with Gasteiger partial charge < -0.3 is 20.1 Å². The van der Waals surface area contributed by atoms with Crippen molar-refractivity contribution in [2.24, 2.45) is 0 Å². The van der Waals surface area contributed by atoms with Crippen LogP contribution in [0.1, 0.15) is 29.7 Å². The molecule has 2 N–H and O–H groups in total. The highest BCUT2D eigenvalue weighted by Gasteiger charge is 2.10. The van der Waals surface area contributed by atoms with Crippen LogP contribution in [0.5, 0.6) is 5.75 Å². The number of hydrogen-bond acceptors (Lipinski definition) is 3. The van der Waals surface area contributed by atoms with Gasteiger partial charge in [-0.05, 0) is 60.0 Å². The molecule has 0 radical (unpaired) electrons. The number of ether oxygens (including phenoxy) is 2. The van der Waals surface area contributed by atoms with Gasteiger partial charge in [0.1, 0.15) is 5.75 Å². The van der Waals surface area contributed by atoms with Crippen molar-refractivity contribution in [1.82, 2.24) is 5.32 Å². The smallest absolute Gasteiger partial charge is 0.319 e. The average Bonchev–Trinajstić information content (AvgIpc) is 2.75. The average molecular weight is 425 g/mol. The van der Waals surface area contributed by atoms with Gasteiger partial charge >= 0.3 is 6.03 Å². The third-order valence-electron chi connectivity index (χ3n) is 4.60. The molecule has 2 amide bonds. The second kappa shape index (κ2) is 10.7. The highest BCUT2D eigenvalue weighted by molar-refractivity contribution is 6.30. The zero-order valence-corrected chi connectivity index (χ0v) is 17.8. The number of carbonyl (C=O) groups is 1. The minimum atomic E-state index is -0.270. The monoisotopic (exact) mass is 424 g/mol. The molecule has 0 fully saturated rings. The molecule has 1 unspecified atom stereocenters. The van der Waals surface area contributed by atoms with E-state index in [1.165, 1.54) is 0 Å². The zero-order valence-electron chi connectivity index (χ0n) is 17.0. The molecule has 5 nitrogen and oxygen atoms in total. The van der Waals surface area contributed by atoms with Crippen LogP contribution in [0.3, 0.4) is 0 Å². The third kappa shape index (κ3) is 6.51. The molecule has 0 aliphatic heterocycles. The molecule has 0 spiro atoms. The maximum absolute atomic E-state index is 12.3. The Kier molecular flexibility index (Phi) is 7.71. The fourth-order valence-electron chi connectivity index (χ4n) is 2.95. The van der Waals surface area contributed by atoms with Gasteiger partial charge in [-0.25, -0.2) is 4.79 Å². The van der Waals surface area contributed by atoms with Crippen LogP contribution in [-0.2, 0) is 18.0 Å². The van der Waals surface area contributed by atoms with Crippen LogP contribution in [0.2, 0.25) is 5.02 Å². The predicted octanol–water partition coefficient (Wildman–Crippen LogP) is 5.95. The van der Waals surface area contributed by atoms with Crippen LogP contribution in [-0.4, -0.2) is 13.1 Å². The van der Waals surface area contributed by atoms with Gasteiger partial charge in [0.05, 0.1) is 26.4 Å². The summed E-state index contributed by atoms with van der Waals surface area (Å²) in [6, 6.07) is 22.4. The quantitative estimate of drug-likeness (QED) is 0.469. The van der Waals surface area contributed by atoms with Crippen molar-refractivity contribution in [3.8, 4) is 5.75 Å². The summed E-state index contributed by atoms with van der Waals surface area (Å²) in [5.74, 6) is 0.821. The van der Waals surface area contributed by atoms with Crippen LogP contribution in [0.25, 0.3) is 0 Å². The minimum absolute atomic E-state index is 0.140. The molecular formula is C24H25ClN2O3. The lowest BCUT2D eigenvalue weighted by Gasteiger charge is -2.15. The highest BCUT2D eigenvalue weighted by Crippen LogP contribution is 2.17. The molecule has 6 heteroatoms. The lowest BCUT2D eigenvalue weighted by Crippen LogP contribution is -2.31. The first-order valence-electron chi connectivity index (χ1n) is 9.66. The van der Waals surface area contributed by atoms with Gasteiger partial charge in [0.25, 0.3) is 0 Å². The van der Waals surface area contributed by atoms with E-state index in [0.717, 1.165) is 22.4 Å². The summed E-state index contributed by atoms with van der Waals surface area (Å²) in [5.41, 5.74) is 3.74. The topological polar surface area (TPSA) is 59.6 Å². The molecule has 0 bridgehead atoms. The lowest BCUT2D eigenvalue weighted by atomic mass is 10.1. The van der Waals surface area contributed by atoms with Crippen LogP contribution in [0.4, 0.5) is 10.5 Å². The summed E-state index contributed by atoms with van der Waals surface area (Å²) in [7, 11) is 1.64. The molecule has 1 atom stereocenters. The number of anilines is 1. The lowest BCUT2D eigenvalue weighted by molar-refractivity contribution is 0.107. The normalized spacial score (nSPS) is 11.6. The van der Waals surface area contributed by atoms with E-state index in [1.807, 2.05) is 79.7 Å². The van der Waals surface area contributed by atoms with E-state index in [-0.39, 0.29) is 12.1 Å². The number of nitrogens with one attached hydrogen (secondary N) is 2. The predicted molar refractivity (Wildman–Crippen MR) is 120 cm³/mol. The number of rotatable bonds is 8. The number of urea groups is 1. The molecule has 3 aromatic rings. The molecule has 0 aromatic heterocycles. The van der Waals surface area contributed by atoms with E-state index in [2.05, 4.69) is 10.6 Å². The van der Waals surface area contributed by atoms with E-state index >= 15 is 0 Å². The van der Waals surface area contributed by atoms with Gasteiger partial charge in [0, 0.05) is 10.7 Å². The molecule has 0 aliphatic rings. The Morgan fingerprint density at radius 1 is 0.967 bits per heavy atom. The van der Waals surface area contributed by atoms with Crippen molar-refractivity contribution in [3.05, 3.63) is 94.5 Å². The number of hydrogen-bond donors (Lipinski definition) is 2. The fraction of sp³-hybridized carbons (Fsp3) is 0.208. The van der Waals surface area contributed by atoms with Crippen LogP contribution < -0.4 is 15.4 Å². The molecule has 0 saturated carbocycles. The molecule has 0 saturated heterocycles. The van der Waals surface area contributed by atoms with Crippen molar-refractivity contribution < 1.29 is 14.3 Å². The Labute approximate surface area is 182 Å². The first-order valence-corrected chi connectivity index (χ1v) is 10.0. The first-order chi connectivity index (χ1) is 14.5. The summed E-state index contributed by atoms with van der Waals surface area (Å²) in [6.07, 6.45) is 0. The maximum atomic E-state index is 12.3. The highest BCUT2D eigenvalue weighted by atomic mass is 35.5. The van der Waals surface area contributed by atoms with Crippen molar-refractivity contribution in [3.63, 3.8) is 0 Å². The summed E-state index contributed by atoms with van der Waals surface area (Å²) in [5, 5.41) is 6.46. The fourth-order valence-corrected chi connectivity index (χ4v) is 3.07. The van der Waals surface area contributed by atoms with Gasteiger partial charge in [-0.3, -0.25) is 0 Å². The second-order valence-corrected chi connectivity index (χ2v) is 7.35. The first kappa shape index (κ1) is 21.7. The Bertz CT molecular complexity index is 959. The van der Waals surface area contributed by atoms with E-state index in [1.54, 1.807) is 7.11 Å². The largest absolute Gasteiger partial charge is 0.497 e. The molecular weight excluding hydrogens is 400 g/mol. The summed E-state index contributed by atoms with van der Waals surface area (Å²) in [6.45, 7) is 2.87. The Balaban J connectivity index is 1.49. The Morgan fingerprint density at radius 2 is 1.67 bits per heavy atom. The molecule has 156 valence electrons. The van der Waals surface area contributed by atoms with Gasteiger partial charge in [-0.15, -0.1) is 0 Å². The molecule has 3 aromatic carbocycles. The number of halogens is 1. The molecule has 30 heavy (non-hydrogen) atoms. The molecule has 0 aliphatic carbocycles. The second-order valence-electron chi connectivity index (χ2n) is 6.91. The third-order valence-corrected chi connectivity index (χ3v) is 4.85. The number of carbonyl (C=O) groups excluding carboxylic acids is 1. The Hall–Kier alpha value is -3.02. The summed E-state index contributed by atoms with van der Waals surface area (Å²) >= 11 is 5.91. The van der Waals surface area contributed by atoms with Gasteiger partial charge in [-0.2, -0.15) is 0 Å². The van der Waals surface area contributed by atoms with Crippen molar-refractivity contribution >= 4 is 23.3 Å². The van der Waals surface area contributed by atoms with E-state index in [4.69, 9.17) is 21.1 Å². The number of amides is 2. The van der Waals surface area contributed by atoms with Gasteiger partial charge in [0.15, 0.2) is 0 Å². The van der Waals surface area contributed by atoms with Crippen LogP contribution >= 0.6 is 11.6 Å². The van der Waals surface area contributed by atoms with Crippen molar-refractivity contribution in [2.75, 3.05) is 12.4 Å². The maximum Gasteiger partial charge on any atom is 0.319 e. The zero-order chi connectivity index (χ0) is 21.3. The minimum Gasteiger partial charge on any atom is -0.497 e. The molecule has 3 rings (SSSR count). The van der Waals surface area contributed by atoms with Crippen molar-refractivity contribution in [2.45, 2.75) is 26.2 Å². The standard InChI is InChI=1S/C24H25ClN2O3/c1-17(20-8-10-21(25)11-9-20)26-24(28)27-22-5-3-4-19(14-22)16-30-15-18-6-12-23(29-2)13-7-18/h3-14,17H,15-16H2,1-2H3,(H2,26,27,28). The van der Waals surface area contributed by atoms with Gasteiger partial charge in [-0.1, -0.05) is 48.0 Å². The van der Waals surface area contributed by atoms with E-state index < -0.39 is 0 Å². The Morgan fingerprint density at radius 3 is 2.37 bits per heavy atom. The number of methoxy groups -OCH3 is 1. The SMILES string of the molecule is COc1ccc(COCc2cccc(NC(=O)NC(C)c3ccc(Cl)cc3)c2)cc1. The van der Waals surface area contributed by atoms with E-state index in [9.17, 15) is 4.79 Å². The van der Waals surface area contributed by atoms with Crippen molar-refractivity contribution in [1.29, 1.82) is 0 Å². The van der Waals surface area contributed by atoms with E-state index in [0.29, 0.717) is 23.9 Å². The summed E-state index contributed by atoms with van der Waals surface area (Å²) in [4.78, 5) is 12.3. The van der Waals surface area contributed by atoms with Crippen LogP contribution in [0.15, 0.2) is 72.8 Å². The van der Waals surface area contributed by atoms with Crippen LogP contribution in [0, 0.1) is 0 Å². The summed E-state index contributed by atoms with van der Waals surface area (Å²) < 4.78 is 10.9. The number of benzene rings is 3.